The Bertz CT molecular complexity index is 741. The Labute approximate surface area is 140 Å². The first-order chi connectivity index (χ1) is 11.4. The van der Waals surface area contributed by atoms with Crippen LogP contribution < -0.4 is 10.1 Å². The van der Waals surface area contributed by atoms with Crippen LogP contribution >= 0.6 is 0 Å². The van der Waals surface area contributed by atoms with Gasteiger partial charge in [0.25, 0.3) is 5.91 Å². The number of ether oxygens (including phenoxy) is 1. The molecule has 6 nitrogen and oxygen atoms in total. The van der Waals surface area contributed by atoms with Crippen LogP contribution in [-0.4, -0.2) is 16.9 Å². The highest BCUT2D eigenvalue weighted by Gasteiger charge is 2.21. The minimum Gasteiger partial charge on any atom is -0.474 e. The van der Waals surface area contributed by atoms with Gasteiger partial charge >= 0.3 is 5.69 Å². The van der Waals surface area contributed by atoms with Gasteiger partial charge < -0.3 is 10.1 Å². The molecule has 2 rings (SSSR count). The number of hydrogen-bond acceptors (Lipinski definition) is 4. The summed E-state index contributed by atoms with van der Waals surface area (Å²) in [6.45, 7) is 5.69. The highest BCUT2D eigenvalue weighted by atomic mass is 16.6. The molecule has 2 aromatic rings. The zero-order chi connectivity index (χ0) is 17.7. The van der Waals surface area contributed by atoms with Gasteiger partial charge in [-0.2, -0.15) is 0 Å². The molecule has 24 heavy (non-hydrogen) atoms. The van der Waals surface area contributed by atoms with Crippen molar-refractivity contribution in [3.63, 3.8) is 0 Å². The number of carbonyl (C=O) groups is 1. The van der Waals surface area contributed by atoms with E-state index in [0.29, 0.717) is 6.54 Å². The molecule has 0 saturated heterocycles. The van der Waals surface area contributed by atoms with Crippen LogP contribution in [-0.2, 0) is 11.3 Å². The van der Waals surface area contributed by atoms with Gasteiger partial charge in [-0.3, -0.25) is 14.9 Å². The molecule has 0 saturated carbocycles. The first-order valence-electron chi connectivity index (χ1n) is 7.62. The first kappa shape index (κ1) is 17.5. The van der Waals surface area contributed by atoms with Crippen LogP contribution in [0.1, 0.15) is 23.6 Å². The second-order valence-corrected chi connectivity index (χ2v) is 5.69. The minimum atomic E-state index is -0.836. The zero-order valence-electron chi connectivity index (χ0n) is 13.9. The summed E-state index contributed by atoms with van der Waals surface area (Å²) in [6, 6.07) is 12.5. The molecule has 0 bridgehead atoms. The molecule has 126 valence electrons. The van der Waals surface area contributed by atoms with Crippen molar-refractivity contribution in [2.24, 2.45) is 0 Å². The van der Waals surface area contributed by atoms with E-state index in [1.54, 1.807) is 19.9 Å². The van der Waals surface area contributed by atoms with E-state index in [9.17, 15) is 14.9 Å². The van der Waals surface area contributed by atoms with Gasteiger partial charge in [0.15, 0.2) is 11.9 Å². The van der Waals surface area contributed by atoms with E-state index in [4.69, 9.17) is 4.74 Å². The van der Waals surface area contributed by atoms with Crippen LogP contribution in [0.4, 0.5) is 5.69 Å². The number of nitro groups is 1. The first-order valence-corrected chi connectivity index (χ1v) is 7.62. The number of carbonyl (C=O) groups excluding carboxylic acids is 1. The standard InChI is InChI=1S/C18H20N2O4/c1-12-4-7-15(8-5-12)11-19-18(21)14(3)24-17-9-6-13(2)10-16(17)20(22)23/h4-10,14H,11H2,1-3H3,(H,19,21)/t14-/m1/s1. The van der Waals surface area contributed by atoms with Crippen molar-refractivity contribution in [3.8, 4) is 5.75 Å². The van der Waals surface area contributed by atoms with E-state index >= 15 is 0 Å². The number of hydrogen-bond donors (Lipinski definition) is 1. The fourth-order valence-electron chi connectivity index (χ4n) is 2.15. The van der Waals surface area contributed by atoms with Gasteiger partial charge in [-0.15, -0.1) is 0 Å². The molecule has 0 aliphatic heterocycles. The fraction of sp³-hybridized carbons (Fsp3) is 0.278. The number of nitro benzene ring substituents is 1. The largest absolute Gasteiger partial charge is 0.474 e. The molecule has 0 unspecified atom stereocenters. The number of nitrogens with zero attached hydrogens (tertiary/aromatic N) is 1. The Hall–Kier alpha value is -2.89. The highest BCUT2D eigenvalue weighted by molar-refractivity contribution is 5.80. The molecule has 0 spiro atoms. The third-order valence-corrected chi connectivity index (χ3v) is 3.57. The smallest absolute Gasteiger partial charge is 0.311 e. The molecule has 0 aliphatic rings. The van der Waals surface area contributed by atoms with Crippen LogP contribution in [0.5, 0.6) is 5.75 Å². The predicted molar refractivity (Wildman–Crippen MR) is 90.9 cm³/mol. The van der Waals surface area contributed by atoms with Crippen molar-refractivity contribution in [1.29, 1.82) is 0 Å². The predicted octanol–water partition coefficient (Wildman–Crippen LogP) is 3.30. The molecule has 0 fully saturated rings. The molecular weight excluding hydrogens is 308 g/mol. The van der Waals surface area contributed by atoms with Gasteiger partial charge in [0, 0.05) is 12.6 Å². The van der Waals surface area contributed by atoms with Crippen LogP contribution in [0.3, 0.4) is 0 Å². The Balaban J connectivity index is 1.99. The quantitative estimate of drug-likeness (QED) is 0.651. The normalized spacial score (nSPS) is 11.6. The lowest BCUT2D eigenvalue weighted by Gasteiger charge is -2.15. The van der Waals surface area contributed by atoms with Gasteiger partial charge in [-0.1, -0.05) is 35.9 Å². The van der Waals surface area contributed by atoms with Gasteiger partial charge in [0.1, 0.15) is 0 Å². The number of rotatable bonds is 6. The van der Waals surface area contributed by atoms with Crippen LogP contribution in [0, 0.1) is 24.0 Å². The molecule has 0 radical (unpaired) electrons. The van der Waals surface area contributed by atoms with Crippen molar-refractivity contribution in [2.45, 2.75) is 33.4 Å². The topological polar surface area (TPSA) is 81.5 Å². The summed E-state index contributed by atoms with van der Waals surface area (Å²) in [7, 11) is 0. The second kappa shape index (κ2) is 7.59. The van der Waals surface area contributed by atoms with E-state index in [2.05, 4.69) is 5.32 Å². The Kier molecular flexibility index (Phi) is 5.52. The SMILES string of the molecule is Cc1ccc(CNC(=O)[C@@H](C)Oc2ccc(C)cc2[N+](=O)[O-])cc1. The number of benzene rings is 2. The van der Waals surface area contributed by atoms with Crippen molar-refractivity contribution < 1.29 is 14.5 Å². The van der Waals surface area contributed by atoms with Crippen molar-refractivity contribution in [2.75, 3.05) is 0 Å². The van der Waals surface area contributed by atoms with E-state index in [1.807, 2.05) is 31.2 Å². The zero-order valence-corrected chi connectivity index (χ0v) is 13.9. The van der Waals surface area contributed by atoms with E-state index in [1.165, 1.54) is 12.1 Å². The van der Waals surface area contributed by atoms with Gasteiger partial charge in [0.2, 0.25) is 0 Å². The third-order valence-electron chi connectivity index (χ3n) is 3.57. The van der Waals surface area contributed by atoms with Crippen LogP contribution in [0.15, 0.2) is 42.5 Å². The summed E-state index contributed by atoms with van der Waals surface area (Å²) >= 11 is 0. The second-order valence-electron chi connectivity index (χ2n) is 5.69. The number of aryl methyl sites for hydroxylation is 2. The Morgan fingerprint density at radius 1 is 1.17 bits per heavy atom. The van der Waals surface area contributed by atoms with Crippen LogP contribution in [0.25, 0.3) is 0 Å². The molecule has 1 amide bonds. The lowest BCUT2D eigenvalue weighted by atomic mass is 10.1. The Morgan fingerprint density at radius 3 is 2.42 bits per heavy atom. The molecule has 0 aromatic heterocycles. The summed E-state index contributed by atoms with van der Waals surface area (Å²) < 4.78 is 5.48. The van der Waals surface area contributed by atoms with Crippen molar-refractivity contribution in [1.82, 2.24) is 5.32 Å². The summed E-state index contributed by atoms with van der Waals surface area (Å²) in [4.78, 5) is 22.7. The van der Waals surface area contributed by atoms with Gasteiger partial charge in [-0.25, -0.2) is 0 Å². The molecule has 6 heteroatoms. The van der Waals surface area contributed by atoms with Gasteiger partial charge in [-0.05, 0) is 38.0 Å². The molecule has 1 N–H and O–H groups in total. The van der Waals surface area contributed by atoms with Crippen molar-refractivity contribution >= 4 is 11.6 Å². The van der Waals surface area contributed by atoms with E-state index in [0.717, 1.165) is 16.7 Å². The van der Waals surface area contributed by atoms with Gasteiger partial charge in [0.05, 0.1) is 4.92 Å². The average Bonchev–Trinajstić information content (AvgIpc) is 2.55. The summed E-state index contributed by atoms with van der Waals surface area (Å²) in [5, 5.41) is 13.9. The molecule has 1 atom stereocenters. The third kappa shape index (κ3) is 4.55. The summed E-state index contributed by atoms with van der Waals surface area (Å²) in [5.74, 6) is -0.242. The molecule has 0 aliphatic carbocycles. The molecule has 0 heterocycles. The summed E-state index contributed by atoms with van der Waals surface area (Å²) in [5.41, 5.74) is 2.73. The maximum Gasteiger partial charge on any atom is 0.311 e. The lowest BCUT2D eigenvalue weighted by Crippen LogP contribution is -2.36. The van der Waals surface area contributed by atoms with Crippen molar-refractivity contribution in [3.05, 3.63) is 69.3 Å². The minimum absolute atomic E-state index is 0.0867. The Morgan fingerprint density at radius 2 is 1.79 bits per heavy atom. The summed E-state index contributed by atoms with van der Waals surface area (Å²) in [6.07, 6.45) is -0.836. The maximum atomic E-state index is 12.1. The lowest BCUT2D eigenvalue weighted by molar-refractivity contribution is -0.386. The highest BCUT2D eigenvalue weighted by Crippen LogP contribution is 2.28. The van der Waals surface area contributed by atoms with Crippen LogP contribution in [0.2, 0.25) is 0 Å². The van der Waals surface area contributed by atoms with E-state index < -0.39 is 11.0 Å². The van der Waals surface area contributed by atoms with E-state index in [-0.39, 0.29) is 17.3 Å². The average molecular weight is 328 g/mol. The fourth-order valence-corrected chi connectivity index (χ4v) is 2.15. The number of amides is 1. The number of nitrogens with one attached hydrogen (secondary N) is 1. The molecule has 2 aromatic carbocycles. The molecular formula is C18H20N2O4. The monoisotopic (exact) mass is 328 g/mol. The maximum absolute atomic E-state index is 12.1.